The van der Waals surface area contributed by atoms with Crippen molar-refractivity contribution in [2.24, 2.45) is 0 Å². The molecule has 0 spiro atoms. The van der Waals surface area contributed by atoms with Crippen LogP contribution in [0, 0.1) is 13.8 Å². The zero-order chi connectivity index (χ0) is 23.2. The topological polar surface area (TPSA) is 69.9 Å². The third-order valence-corrected chi connectivity index (χ3v) is 7.75. The Balaban J connectivity index is 1.32. The molecule has 2 aliphatic heterocycles. The summed E-state index contributed by atoms with van der Waals surface area (Å²) in [5.74, 6) is 1.85. The number of hydrogen-bond acceptors (Lipinski definition) is 6. The van der Waals surface area contributed by atoms with E-state index in [2.05, 4.69) is 10.1 Å². The van der Waals surface area contributed by atoms with E-state index in [9.17, 15) is 9.59 Å². The quantitative estimate of drug-likeness (QED) is 0.599. The Morgan fingerprint density at radius 3 is 2.30 bits per heavy atom. The second-order valence-electron chi connectivity index (χ2n) is 8.95. The number of nitrogens with zero attached hydrogens (tertiary/aromatic N) is 4. The van der Waals surface area contributed by atoms with Gasteiger partial charge in [0.2, 0.25) is 5.91 Å². The van der Waals surface area contributed by atoms with Gasteiger partial charge in [0.15, 0.2) is 0 Å². The van der Waals surface area contributed by atoms with Crippen molar-refractivity contribution in [3.8, 4) is 0 Å². The van der Waals surface area contributed by atoms with Gasteiger partial charge in [0.05, 0.1) is 17.8 Å². The molecule has 1 aromatic heterocycles. The lowest BCUT2D eigenvalue weighted by Crippen LogP contribution is -2.51. The van der Waals surface area contributed by atoms with Crippen LogP contribution in [0.5, 0.6) is 0 Å². The van der Waals surface area contributed by atoms with Gasteiger partial charge in [-0.3, -0.25) is 14.5 Å². The molecule has 3 heterocycles. The summed E-state index contributed by atoms with van der Waals surface area (Å²) in [5, 5.41) is 4.03. The highest BCUT2D eigenvalue weighted by molar-refractivity contribution is 7.98. The number of thioether (sulfide) groups is 1. The number of benzene rings is 1. The molecular weight excluding hydrogens is 436 g/mol. The minimum atomic E-state index is 0.0651. The van der Waals surface area contributed by atoms with Crippen molar-refractivity contribution in [3.63, 3.8) is 0 Å². The Kier molecular flexibility index (Phi) is 8.09. The summed E-state index contributed by atoms with van der Waals surface area (Å²) >= 11 is 1.64. The number of rotatable bonds is 6. The highest BCUT2D eigenvalue weighted by Gasteiger charge is 2.26. The molecule has 2 aromatic rings. The predicted octanol–water partition coefficient (Wildman–Crippen LogP) is 3.74. The van der Waals surface area contributed by atoms with E-state index >= 15 is 0 Å². The van der Waals surface area contributed by atoms with Crippen LogP contribution in [-0.2, 0) is 10.5 Å². The van der Waals surface area contributed by atoms with Crippen molar-refractivity contribution in [1.82, 2.24) is 19.9 Å². The molecule has 8 heteroatoms. The molecule has 4 rings (SSSR count). The van der Waals surface area contributed by atoms with Crippen LogP contribution in [0.25, 0.3) is 0 Å². The molecule has 2 fully saturated rings. The van der Waals surface area contributed by atoms with Crippen LogP contribution in [0.3, 0.4) is 0 Å². The number of amides is 2. The number of aromatic nitrogens is 1. The van der Waals surface area contributed by atoms with Crippen LogP contribution in [0.15, 0.2) is 33.7 Å². The van der Waals surface area contributed by atoms with E-state index in [0.717, 1.165) is 72.3 Å². The molecule has 33 heavy (non-hydrogen) atoms. The van der Waals surface area contributed by atoms with Gasteiger partial charge < -0.3 is 14.3 Å². The van der Waals surface area contributed by atoms with Crippen molar-refractivity contribution in [1.29, 1.82) is 0 Å². The molecule has 2 aliphatic rings. The monoisotopic (exact) mass is 470 g/mol. The SMILES string of the molecule is Cc1noc(C)c1CSc1ccccc1C(=O)N1CCN(CC(=O)N2CCCCCC2)CC1. The molecular formula is C25H34N4O3S. The van der Waals surface area contributed by atoms with Gasteiger partial charge in [0, 0.05) is 55.5 Å². The zero-order valence-corrected chi connectivity index (χ0v) is 20.5. The smallest absolute Gasteiger partial charge is 0.255 e. The number of likely N-dealkylation sites (tertiary alicyclic amines) is 1. The van der Waals surface area contributed by atoms with E-state index in [4.69, 9.17) is 4.52 Å². The van der Waals surface area contributed by atoms with Crippen LogP contribution in [0.1, 0.15) is 53.1 Å². The van der Waals surface area contributed by atoms with Crippen LogP contribution < -0.4 is 0 Å². The second kappa shape index (κ2) is 11.2. The third-order valence-electron chi connectivity index (χ3n) is 6.65. The Morgan fingerprint density at radius 1 is 0.939 bits per heavy atom. The summed E-state index contributed by atoms with van der Waals surface area (Å²) in [6, 6.07) is 7.81. The Morgan fingerprint density at radius 2 is 1.64 bits per heavy atom. The standard InChI is InChI=1S/C25H34N4O3S/c1-19-22(20(2)32-26-19)18-33-23-10-6-5-9-21(23)25(31)29-15-13-27(14-16-29)17-24(30)28-11-7-3-4-8-12-28/h5-6,9-10H,3-4,7-8,11-18H2,1-2H3. The van der Waals surface area contributed by atoms with E-state index in [1.54, 1.807) is 11.8 Å². The first-order valence-electron chi connectivity index (χ1n) is 12.0. The van der Waals surface area contributed by atoms with Gasteiger partial charge >= 0.3 is 0 Å². The maximum Gasteiger partial charge on any atom is 0.255 e. The number of hydrogen-bond donors (Lipinski definition) is 0. The molecule has 178 valence electrons. The summed E-state index contributed by atoms with van der Waals surface area (Å²) < 4.78 is 5.27. The molecule has 0 unspecified atom stereocenters. The van der Waals surface area contributed by atoms with Crippen molar-refractivity contribution in [2.75, 3.05) is 45.8 Å². The van der Waals surface area contributed by atoms with E-state index in [0.29, 0.717) is 19.6 Å². The van der Waals surface area contributed by atoms with Gasteiger partial charge in [0.1, 0.15) is 5.76 Å². The maximum absolute atomic E-state index is 13.3. The second-order valence-corrected chi connectivity index (χ2v) is 9.97. The van der Waals surface area contributed by atoms with Gasteiger partial charge in [-0.1, -0.05) is 30.1 Å². The normalized spacial score (nSPS) is 17.8. The highest BCUT2D eigenvalue weighted by atomic mass is 32.2. The average Bonchev–Trinajstić information content (AvgIpc) is 3.01. The minimum absolute atomic E-state index is 0.0651. The Labute approximate surface area is 200 Å². The molecule has 0 radical (unpaired) electrons. The van der Waals surface area contributed by atoms with Gasteiger partial charge in [-0.05, 0) is 38.8 Å². The van der Waals surface area contributed by atoms with Crippen LogP contribution in [-0.4, -0.2) is 77.5 Å². The maximum atomic E-state index is 13.3. The van der Waals surface area contributed by atoms with Crippen molar-refractivity contribution in [3.05, 3.63) is 46.8 Å². The summed E-state index contributed by atoms with van der Waals surface area (Å²) in [6.07, 6.45) is 4.67. The average molecular weight is 471 g/mol. The predicted molar refractivity (Wildman–Crippen MR) is 129 cm³/mol. The lowest BCUT2D eigenvalue weighted by atomic mass is 10.1. The number of carbonyl (C=O) groups is 2. The van der Waals surface area contributed by atoms with Gasteiger partial charge in [-0.25, -0.2) is 0 Å². The summed E-state index contributed by atoms with van der Waals surface area (Å²) in [5.41, 5.74) is 2.72. The van der Waals surface area contributed by atoms with E-state index in [-0.39, 0.29) is 11.8 Å². The fourth-order valence-electron chi connectivity index (χ4n) is 4.52. The zero-order valence-electron chi connectivity index (χ0n) is 19.7. The lowest BCUT2D eigenvalue weighted by Gasteiger charge is -2.35. The Hall–Kier alpha value is -2.32. The molecule has 0 bridgehead atoms. The fraction of sp³-hybridized carbons (Fsp3) is 0.560. The Bertz CT molecular complexity index is 941. The molecule has 0 aliphatic carbocycles. The van der Waals surface area contributed by atoms with E-state index in [1.807, 2.05) is 47.9 Å². The molecule has 2 amide bonds. The van der Waals surface area contributed by atoms with Crippen LogP contribution >= 0.6 is 11.8 Å². The summed E-state index contributed by atoms with van der Waals surface area (Å²) in [4.78, 5) is 33.1. The number of aryl methyl sites for hydroxylation is 2. The van der Waals surface area contributed by atoms with Crippen LogP contribution in [0.4, 0.5) is 0 Å². The van der Waals surface area contributed by atoms with Crippen LogP contribution in [0.2, 0.25) is 0 Å². The molecule has 0 atom stereocenters. The third kappa shape index (κ3) is 5.98. The molecule has 2 saturated heterocycles. The highest BCUT2D eigenvalue weighted by Crippen LogP contribution is 2.29. The number of piperazine rings is 1. The van der Waals surface area contributed by atoms with Gasteiger partial charge in [0.25, 0.3) is 5.91 Å². The first kappa shape index (κ1) is 23.8. The van der Waals surface area contributed by atoms with Crippen molar-refractivity contribution < 1.29 is 14.1 Å². The molecule has 0 saturated carbocycles. The van der Waals surface area contributed by atoms with E-state index < -0.39 is 0 Å². The fourth-order valence-corrected chi connectivity index (χ4v) is 5.72. The van der Waals surface area contributed by atoms with E-state index in [1.165, 1.54) is 12.8 Å². The number of carbonyl (C=O) groups excluding carboxylic acids is 2. The summed E-state index contributed by atoms with van der Waals surface area (Å²) in [7, 11) is 0. The van der Waals surface area contributed by atoms with Gasteiger partial charge in [-0.15, -0.1) is 11.8 Å². The van der Waals surface area contributed by atoms with Gasteiger partial charge in [-0.2, -0.15) is 0 Å². The van der Waals surface area contributed by atoms with Crippen molar-refractivity contribution >= 4 is 23.6 Å². The first-order chi connectivity index (χ1) is 16.0. The lowest BCUT2D eigenvalue weighted by molar-refractivity contribution is -0.132. The van der Waals surface area contributed by atoms with Crippen molar-refractivity contribution in [2.45, 2.75) is 50.2 Å². The largest absolute Gasteiger partial charge is 0.361 e. The first-order valence-corrected chi connectivity index (χ1v) is 12.9. The molecule has 0 N–H and O–H groups in total. The molecule has 7 nitrogen and oxygen atoms in total. The summed E-state index contributed by atoms with van der Waals surface area (Å²) in [6.45, 7) is 8.87. The minimum Gasteiger partial charge on any atom is -0.361 e. The molecule has 1 aromatic carbocycles.